The fourth-order valence-electron chi connectivity index (χ4n) is 3.17. The molecule has 1 aromatic carbocycles. The molecular formula is C20H25ClFN5O. The van der Waals surface area contributed by atoms with Crippen molar-refractivity contribution in [3.05, 3.63) is 46.4 Å². The largest absolute Gasteiger partial charge is 0.363 e. The lowest BCUT2D eigenvalue weighted by molar-refractivity contribution is -0.131. The number of aromatic nitrogens is 2. The molecule has 0 unspecified atom stereocenters. The van der Waals surface area contributed by atoms with Crippen molar-refractivity contribution in [2.24, 2.45) is 0 Å². The second-order valence-electron chi connectivity index (χ2n) is 7.18. The number of carbonyl (C=O) groups is 1. The average Bonchev–Trinajstić information content (AvgIpc) is 2.68. The molecule has 1 fully saturated rings. The van der Waals surface area contributed by atoms with Crippen LogP contribution in [0.2, 0.25) is 5.02 Å². The van der Waals surface area contributed by atoms with Gasteiger partial charge in [0.2, 0.25) is 11.9 Å². The van der Waals surface area contributed by atoms with E-state index in [-0.39, 0.29) is 10.9 Å². The highest BCUT2D eigenvalue weighted by Crippen LogP contribution is 2.19. The molecule has 0 spiro atoms. The average molecular weight is 406 g/mol. The van der Waals surface area contributed by atoms with E-state index in [2.05, 4.69) is 14.9 Å². The van der Waals surface area contributed by atoms with Gasteiger partial charge in [0.15, 0.2) is 0 Å². The van der Waals surface area contributed by atoms with Crippen LogP contribution in [0.25, 0.3) is 0 Å². The van der Waals surface area contributed by atoms with Gasteiger partial charge in [0, 0.05) is 58.5 Å². The Bertz CT molecular complexity index is 852. The molecule has 2 aromatic rings. The van der Waals surface area contributed by atoms with Crippen molar-refractivity contribution in [3.63, 3.8) is 0 Å². The topological polar surface area (TPSA) is 52.6 Å². The third kappa shape index (κ3) is 4.90. The summed E-state index contributed by atoms with van der Waals surface area (Å²) in [6.07, 6.45) is 0.930. The Balaban J connectivity index is 1.54. The molecule has 2 heterocycles. The van der Waals surface area contributed by atoms with Gasteiger partial charge in [0.25, 0.3) is 0 Å². The highest BCUT2D eigenvalue weighted by molar-refractivity contribution is 6.30. The highest BCUT2D eigenvalue weighted by atomic mass is 35.5. The second-order valence-corrected chi connectivity index (χ2v) is 7.59. The number of rotatable bonds is 5. The van der Waals surface area contributed by atoms with Crippen molar-refractivity contribution in [2.45, 2.75) is 19.8 Å². The summed E-state index contributed by atoms with van der Waals surface area (Å²) >= 11 is 5.80. The van der Waals surface area contributed by atoms with Crippen LogP contribution < -0.4 is 9.80 Å². The molecule has 1 aliphatic heterocycles. The smallest absolute Gasteiger partial charge is 0.227 e. The van der Waals surface area contributed by atoms with E-state index in [4.69, 9.17) is 11.6 Å². The van der Waals surface area contributed by atoms with E-state index < -0.39 is 5.82 Å². The minimum Gasteiger partial charge on any atom is -0.363 e. The molecule has 28 heavy (non-hydrogen) atoms. The zero-order valence-corrected chi connectivity index (χ0v) is 17.2. The van der Waals surface area contributed by atoms with E-state index in [0.29, 0.717) is 45.0 Å². The predicted octanol–water partition coefficient (Wildman–Crippen LogP) is 2.92. The SMILES string of the molecule is Cc1cc(N(C)C)nc(N2CCN(C(=O)CCc3ccc(F)c(Cl)c3)CC2)n1. The summed E-state index contributed by atoms with van der Waals surface area (Å²) < 4.78 is 13.2. The molecule has 0 N–H and O–H groups in total. The summed E-state index contributed by atoms with van der Waals surface area (Å²) in [5.41, 5.74) is 1.79. The summed E-state index contributed by atoms with van der Waals surface area (Å²) in [4.78, 5) is 27.6. The number of hydrogen-bond donors (Lipinski definition) is 0. The van der Waals surface area contributed by atoms with Crippen molar-refractivity contribution in [3.8, 4) is 0 Å². The lowest BCUT2D eigenvalue weighted by Crippen LogP contribution is -2.49. The van der Waals surface area contributed by atoms with Crippen molar-refractivity contribution in [1.82, 2.24) is 14.9 Å². The molecule has 0 saturated carbocycles. The zero-order valence-electron chi connectivity index (χ0n) is 16.5. The van der Waals surface area contributed by atoms with Crippen LogP contribution in [-0.2, 0) is 11.2 Å². The summed E-state index contributed by atoms with van der Waals surface area (Å²) in [5, 5.41) is 0.0915. The Morgan fingerprint density at radius 3 is 2.54 bits per heavy atom. The van der Waals surface area contributed by atoms with E-state index in [0.717, 1.165) is 17.1 Å². The maximum Gasteiger partial charge on any atom is 0.227 e. The number of benzene rings is 1. The molecule has 1 saturated heterocycles. The van der Waals surface area contributed by atoms with Crippen LogP contribution >= 0.6 is 11.6 Å². The molecule has 150 valence electrons. The van der Waals surface area contributed by atoms with Crippen molar-refractivity contribution in [1.29, 1.82) is 0 Å². The van der Waals surface area contributed by atoms with Gasteiger partial charge in [-0.25, -0.2) is 9.37 Å². The van der Waals surface area contributed by atoms with Crippen LogP contribution in [0.5, 0.6) is 0 Å². The van der Waals surface area contributed by atoms with Gasteiger partial charge in [0.05, 0.1) is 5.02 Å². The highest BCUT2D eigenvalue weighted by Gasteiger charge is 2.23. The van der Waals surface area contributed by atoms with Crippen molar-refractivity contribution in [2.75, 3.05) is 50.1 Å². The Labute approximate surface area is 169 Å². The summed E-state index contributed by atoms with van der Waals surface area (Å²) in [5.74, 6) is 1.23. The van der Waals surface area contributed by atoms with E-state index in [1.165, 1.54) is 6.07 Å². The normalized spacial score (nSPS) is 14.3. The number of nitrogens with zero attached hydrogens (tertiary/aromatic N) is 5. The van der Waals surface area contributed by atoms with Gasteiger partial charge >= 0.3 is 0 Å². The minimum atomic E-state index is -0.441. The third-order valence-electron chi connectivity index (χ3n) is 4.81. The monoisotopic (exact) mass is 405 g/mol. The molecule has 0 bridgehead atoms. The van der Waals surface area contributed by atoms with Crippen LogP contribution in [0.4, 0.5) is 16.2 Å². The first-order valence-electron chi connectivity index (χ1n) is 9.33. The zero-order chi connectivity index (χ0) is 20.3. The van der Waals surface area contributed by atoms with Gasteiger partial charge in [-0.05, 0) is 31.0 Å². The van der Waals surface area contributed by atoms with Gasteiger partial charge in [-0.2, -0.15) is 4.98 Å². The summed E-state index contributed by atoms with van der Waals surface area (Å²) in [6, 6.07) is 6.54. The molecule has 0 atom stereocenters. The molecule has 0 aliphatic carbocycles. The summed E-state index contributed by atoms with van der Waals surface area (Å²) in [7, 11) is 3.91. The van der Waals surface area contributed by atoms with Crippen LogP contribution in [-0.4, -0.2) is 61.0 Å². The van der Waals surface area contributed by atoms with E-state index >= 15 is 0 Å². The molecule has 0 radical (unpaired) electrons. The number of hydrogen-bond acceptors (Lipinski definition) is 5. The molecule has 3 rings (SSSR count). The fraction of sp³-hybridized carbons (Fsp3) is 0.450. The van der Waals surface area contributed by atoms with Crippen molar-refractivity contribution >= 4 is 29.3 Å². The number of halogens is 2. The van der Waals surface area contributed by atoms with Crippen LogP contribution in [0.15, 0.2) is 24.3 Å². The first-order valence-corrected chi connectivity index (χ1v) is 9.71. The van der Waals surface area contributed by atoms with Gasteiger partial charge < -0.3 is 14.7 Å². The minimum absolute atomic E-state index is 0.0915. The van der Waals surface area contributed by atoms with Crippen LogP contribution in [0.3, 0.4) is 0 Å². The van der Waals surface area contributed by atoms with Gasteiger partial charge in [-0.15, -0.1) is 0 Å². The molecule has 1 aliphatic rings. The number of carbonyl (C=O) groups excluding carboxylic acids is 1. The standard InChI is InChI=1S/C20H25ClFN5O/c1-14-12-18(25(2)3)24-20(23-14)27-10-8-26(9-11-27)19(28)7-5-15-4-6-17(22)16(21)13-15/h4,6,12-13H,5,7-11H2,1-3H3. The first-order chi connectivity index (χ1) is 13.3. The molecule has 1 amide bonds. The Morgan fingerprint density at radius 2 is 1.89 bits per heavy atom. The van der Waals surface area contributed by atoms with Gasteiger partial charge in [0.1, 0.15) is 11.6 Å². The Hall–Kier alpha value is -2.41. The summed E-state index contributed by atoms with van der Waals surface area (Å²) in [6.45, 7) is 4.63. The maximum atomic E-state index is 13.2. The van der Waals surface area contributed by atoms with Crippen molar-refractivity contribution < 1.29 is 9.18 Å². The van der Waals surface area contributed by atoms with E-state index in [1.54, 1.807) is 12.1 Å². The number of piperazine rings is 1. The van der Waals surface area contributed by atoms with Crippen LogP contribution in [0.1, 0.15) is 17.7 Å². The second kappa shape index (κ2) is 8.73. The first kappa shape index (κ1) is 20.3. The number of aryl methyl sites for hydroxylation is 2. The third-order valence-corrected chi connectivity index (χ3v) is 5.10. The maximum absolute atomic E-state index is 13.2. The predicted molar refractivity (Wildman–Crippen MR) is 110 cm³/mol. The lowest BCUT2D eigenvalue weighted by atomic mass is 10.1. The Kier molecular flexibility index (Phi) is 6.34. The van der Waals surface area contributed by atoms with E-state index in [9.17, 15) is 9.18 Å². The molecule has 8 heteroatoms. The lowest BCUT2D eigenvalue weighted by Gasteiger charge is -2.35. The molecular weight excluding hydrogens is 381 g/mol. The Morgan fingerprint density at radius 1 is 1.18 bits per heavy atom. The van der Waals surface area contributed by atoms with Gasteiger partial charge in [-0.1, -0.05) is 17.7 Å². The number of anilines is 2. The van der Waals surface area contributed by atoms with Gasteiger partial charge in [-0.3, -0.25) is 4.79 Å². The molecule has 1 aromatic heterocycles. The number of amides is 1. The van der Waals surface area contributed by atoms with Crippen LogP contribution in [0, 0.1) is 12.7 Å². The quantitative estimate of drug-likeness (QED) is 0.765. The fourth-order valence-corrected chi connectivity index (χ4v) is 3.37. The van der Waals surface area contributed by atoms with E-state index in [1.807, 2.05) is 36.9 Å². The molecule has 6 nitrogen and oxygen atoms in total.